The summed E-state index contributed by atoms with van der Waals surface area (Å²) in [7, 11) is 0. The first-order valence-electron chi connectivity index (χ1n) is 9.35. The van der Waals surface area contributed by atoms with E-state index in [9.17, 15) is 14.0 Å². The fraction of sp³-hybridized carbons (Fsp3) is 0.286. The minimum absolute atomic E-state index is 0.198. The van der Waals surface area contributed by atoms with Gasteiger partial charge in [-0.25, -0.2) is 9.37 Å². The van der Waals surface area contributed by atoms with Gasteiger partial charge >= 0.3 is 11.8 Å². The molecular formula is C21H21FN4O2. The summed E-state index contributed by atoms with van der Waals surface area (Å²) >= 11 is 0. The van der Waals surface area contributed by atoms with Gasteiger partial charge in [-0.2, -0.15) is 0 Å². The summed E-state index contributed by atoms with van der Waals surface area (Å²) < 4.78 is 12.9. The molecule has 7 heteroatoms. The van der Waals surface area contributed by atoms with Gasteiger partial charge < -0.3 is 15.2 Å². The second kappa shape index (κ2) is 7.80. The smallest absolute Gasteiger partial charge is 0.311 e. The van der Waals surface area contributed by atoms with Crippen molar-refractivity contribution in [2.45, 2.75) is 25.3 Å². The quantitative estimate of drug-likeness (QED) is 0.686. The molecular weight excluding hydrogens is 359 g/mol. The zero-order valence-corrected chi connectivity index (χ0v) is 15.3. The van der Waals surface area contributed by atoms with Gasteiger partial charge in [-0.15, -0.1) is 0 Å². The molecule has 0 spiro atoms. The summed E-state index contributed by atoms with van der Waals surface area (Å²) in [5.74, 6) is -1.13. The molecule has 1 aromatic carbocycles. The van der Waals surface area contributed by atoms with Crippen molar-refractivity contribution in [3.05, 3.63) is 65.7 Å². The lowest BCUT2D eigenvalue weighted by molar-refractivity contribution is -0.146. The number of halogens is 1. The Kier molecular flexibility index (Phi) is 5.06. The number of likely N-dealkylation sites (tertiary alicyclic amines) is 1. The van der Waals surface area contributed by atoms with Crippen LogP contribution in [-0.4, -0.2) is 39.8 Å². The standard InChI is InChI=1S/C21H21FN4O2/c22-16-5-3-14(4-6-16)12-25-20(27)21(28)26-10-7-15(8-11-26)18-13-24-19-17(18)2-1-9-23-19/h1-6,9,13,15H,7-8,10-12H2,(H,23,24)(H,25,27). The maximum Gasteiger partial charge on any atom is 0.311 e. The Hall–Kier alpha value is -3.22. The van der Waals surface area contributed by atoms with Gasteiger partial charge in [0.15, 0.2) is 0 Å². The molecule has 1 fully saturated rings. The average molecular weight is 380 g/mol. The van der Waals surface area contributed by atoms with Gasteiger partial charge in [-0.05, 0) is 54.2 Å². The number of fused-ring (bicyclic) bond motifs is 1. The summed E-state index contributed by atoms with van der Waals surface area (Å²) in [5.41, 5.74) is 2.83. The Labute approximate surface area is 161 Å². The number of pyridine rings is 1. The molecule has 1 saturated heterocycles. The molecule has 0 unspecified atom stereocenters. The van der Waals surface area contributed by atoms with E-state index in [1.165, 1.54) is 17.7 Å². The van der Waals surface area contributed by atoms with Crippen LogP contribution >= 0.6 is 0 Å². The maximum atomic E-state index is 12.9. The second-order valence-electron chi connectivity index (χ2n) is 7.02. The number of carbonyl (C=O) groups excluding carboxylic acids is 2. The number of piperidine rings is 1. The molecule has 2 aromatic heterocycles. The van der Waals surface area contributed by atoms with E-state index in [0.29, 0.717) is 19.0 Å². The van der Waals surface area contributed by atoms with Crippen LogP contribution in [0.3, 0.4) is 0 Å². The molecule has 0 radical (unpaired) electrons. The van der Waals surface area contributed by atoms with Crippen LogP contribution in [0.1, 0.15) is 29.9 Å². The van der Waals surface area contributed by atoms with Gasteiger partial charge in [0.1, 0.15) is 11.5 Å². The number of aromatic nitrogens is 2. The second-order valence-corrected chi connectivity index (χ2v) is 7.02. The zero-order chi connectivity index (χ0) is 19.5. The third-order valence-electron chi connectivity index (χ3n) is 5.27. The van der Waals surface area contributed by atoms with Crippen molar-refractivity contribution in [2.75, 3.05) is 13.1 Å². The summed E-state index contributed by atoms with van der Waals surface area (Å²) in [6, 6.07) is 9.80. The van der Waals surface area contributed by atoms with Gasteiger partial charge in [-0.1, -0.05) is 12.1 Å². The first-order chi connectivity index (χ1) is 13.6. The van der Waals surface area contributed by atoms with Crippen LogP contribution in [0.2, 0.25) is 0 Å². The molecule has 144 valence electrons. The van der Waals surface area contributed by atoms with Crippen molar-refractivity contribution in [3.63, 3.8) is 0 Å². The van der Waals surface area contributed by atoms with E-state index in [0.717, 1.165) is 29.4 Å². The van der Waals surface area contributed by atoms with Gasteiger partial charge in [0, 0.05) is 37.4 Å². The maximum absolute atomic E-state index is 12.9. The number of carbonyl (C=O) groups is 2. The number of nitrogens with one attached hydrogen (secondary N) is 2. The number of hydrogen-bond acceptors (Lipinski definition) is 3. The monoisotopic (exact) mass is 380 g/mol. The van der Waals surface area contributed by atoms with Crippen LogP contribution in [0.5, 0.6) is 0 Å². The van der Waals surface area contributed by atoms with Gasteiger partial charge in [-0.3, -0.25) is 9.59 Å². The van der Waals surface area contributed by atoms with Crippen molar-refractivity contribution >= 4 is 22.8 Å². The molecule has 0 atom stereocenters. The lowest BCUT2D eigenvalue weighted by atomic mass is 9.89. The van der Waals surface area contributed by atoms with E-state index in [2.05, 4.69) is 21.4 Å². The highest BCUT2D eigenvalue weighted by molar-refractivity contribution is 6.35. The Bertz CT molecular complexity index is 991. The topological polar surface area (TPSA) is 78.1 Å². The number of rotatable bonds is 3. The largest absolute Gasteiger partial charge is 0.346 e. The predicted octanol–water partition coefficient (Wildman–Crippen LogP) is 2.72. The minimum Gasteiger partial charge on any atom is -0.346 e. The number of nitrogens with zero attached hydrogens (tertiary/aromatic N) is 2. The summed E-state index contributed by atoms with van der Waals surface area (Å²) in [4.78, 5) is 33.7. The van der Waals surface area contributed by atoms with E-state index in [1.807, 2.05) is 12.3 Å². The third kappa shape index (κ3) is 3.74. The number of aromatic amines is 1. The highest BCUT2D eigenvalue weighted by Gasteiger charge is 2.28. The molecule has 1 aliphatic heterocycles. The lowest BCUT2D eigenvalue weighted by Crippen LogP contribution is -2.46. The molecule has 0 aliphatic carbocycles. The summed E-state index contributed by atoms with van der Waals surface area (Å²) in [6.45, 7) is 1.28. The van der Waals surface area contributed by atoms with Crippen molar-refractivity contribution in [1.82, 2.24) is 20.2 Å². The number of hydrogen-bond donors (Lipinski definition) is 2. The SMILES string of the molecule is O=C(NCc1ccc(F)cc1)C(=O)N1CCC(c2c[nH]c3ncccc23)CC1. The van der Waals surface area contributed by atoms with Crippen LogP contribution in [0, 0.1) is 5.82 Å². The minimum atomic E-state index is -0.626. The lowest BCUT2D eigenvalue weighted by Gasteiger charge is -2.31. The summed E-state index contributed by atoms with van der Waals surface area (Å²) in [6.07, 6.45) is 5.36. The predicted molar refractivity (Wildman–Crippen MR) is 103 cm³/mol. The van der Waals surface area contributed by atoms with Crippen LogP contribution in [0.4, 0.5) is 4.39 Å². The third-order valence-corrected chi connectivity index (χ3v) is 5.27. The molecule has 3 heterocycles. The van der Waals surface area contributed by atoms with Crippen LogP contribution in [0.15, 0.2) is 48.8 Å². The molecule has 0 saturated carbocycles. The first-order valence-corrected chi connectivity index (χ1v) is 9.35. The molecule has 1 aliphatic rings. The van der Waals surface area contributed by atoms with Gasteiger partial charge in [0.2, 0.25) is 0 Å². The van der Waals surface area contributed by atoms with Gasteiger partial charge in [0.05, 0.1) is 0 Å². The number of H-pyrrole nitrogens is 1. The van der Waals surface area contributed by atoms with Crippen molar-refractivity contribution in [2.24, 2.45) is 0 Å². The normalized spacial score (nSPS) is 15.0. The average Bonchev–Trinajstić information content (AvgIpc) is 3.17. The molecule has 28 heavy (non-hydrogen) atoms. The van der Waals surface area contributed by atoms with Crippen LogP contribution in [-0.2, 0) is 16.1 Å². The van der Waals surface area contributed by atoms with Crippen LogP contribution in [0.25, 0.3) is 11.0 Å². The molecule has 4 rings (SSSR count). The van der Waals surface area contributed by atoms with E-state index in [4.69, 9.17) is 0 Å². The van der Waals surface area contributed by atoms with E-state index >= 15 is 0 Å². The molecule has 6 nitrogen and oxygen atoms in total. The number of benzene rings is 1. The molecule has 3 aromatic rings. The Morgan fingerprint density at radius 2 is 1.93 bits per heavy atom. The highest BCUT2D eigenvalue weighted by atomic mass is 19.1. The van der Waals surface area contributed by atoms with Crippen molar-refractivity contribution in [3.8, 4) is 0 Å². The Morgan fingerprint density at radius 1 is 1.18 bits per heavy atom. The first kappa shape index (κ1) is 18.2. The van der Waals surface area contributed by atoms with Crippen LogP contribution < -0.4 is 5.32 Å². The van der Waals surface area contributed by atoms with E-state index in [-0.39, 0.29) is 12.4 Å². The Morgan fingerprint density at radius 3 is 2.68 bits per heavy atom. The number of amides is 2. The van der Waals surface area contributed by atoms with Crippen molar-refractivity contribution in [1.29, 1.82) is 0 Å². The fourth-order valence-corrected chi connectivity index (χ4v) is 3.71. The molecule has 2 N–H and O–H groups in total. The van der Waals surface area contributed by atoms with E-state index in [1.54, 1.807) is 23.2 Å². The van der Waals surface area contributed by atoms with Gasteiger partial charge in [0.25, 0.3) is 0 Å². The fourth-order valence-electron chi connectivity index (χ4n) is 3.71. The van der Waals surface area contributed by atoms with Crippen molar-refractivity contribution < 1.29 is 14.0 Å². The van der Waals surface area contributed by atoms with E-state index < -0.39 is 11.8 Å². The summed E-state index contributed by atoms with van der Waals surface area (Å²) in [5, 5.41) is 3.73. The molecule has 2 amide bonds. The molecule has 0 bridgehead atoms. The zero-order valence-electron chi connectivity index (χ0n) is 15.3. The Balaban J connectivity index is 1.32. The highest BCUT2D eigenvalue weighted by Crippen LogP contribution is 2.32.